The maximum atomic E-state index is 12.5. The fourth-order valence-corrected chi connectivity index (χ4v) is 2.95. The van der Waals surface area contributed by atoms with Gasteiger partial charge in [-0.15, -0.1) is 0 Å². The number of para-hydroxylation sites is 3. The lowest BCUT2D eigenvalue weighted by Gasteiger charge is -2.25. The molecule has 0 atom stereocenters. The molecule has 0 bridgehead atoms. The van der Waals surface area contributed by atoms with Crippen molar-refractivity contribution in [2.75, 3.05) is 24.5 Å². The largest absolute Gasteiger partial charge is 0.455 e. The fraction of sp³-hybridized carbons (Fsp3) is 0.300. The van der Waals surface area contributed by atoms with Crippen LogP contribution in [0.4, 0.5) is 5.69 Å². The Labute approximate surface area is 147 Å². The van der Waals surface area contributed by atoms with Gasteiger partial charge in [-0.1, -0.05) is 30.3 Å². The Morgan fingerprint density at radius 2 is 1.64 bits per heavy atom. The van der Waals surface area contributed by atoms with Crippen molar-refractivity contribution in [3.05, 3.63) is 54.6 Å². The number of anilines is 1. The van der Waals surface area contributed by atoms with Crippen LogP contribution in [0.15, 0.2) is 54.6 Å². The smallest absolute Gasteiger partial charge is 0.242 e. The third kappa shape index (κ3) is 4.18. The van der Waals surface area contributed by atoms with Gasteiger partial charge in [0.2, 0.25) is 11.8 Å². The van der Waals surface area contributed by atoms with E-state index >= 15 is 0 Å². The third-order valence-corrected chi connectivity index (χ3v) is 4.26. The van der Waals surface area contributed by atoms with Gasteiger partial charge in [0.15, 0.2) is 5.75 Å². The molecule has 0 aliphatic carbocycles. The number of amides is 2. The zero-order valence-corrected chi connectivity index (χ0v) is 14.4. The molecule has 1 aliphatic heterocycles. The van der Waals surface area contributed by atoms with E-state index in [2.05, 4.69) is 0 Å². The highest BCUT2D eigenvalue weighted by Gasteiger charge is 2.24. The fourth-order valence-electron chi connectivity index (χ4n) is 2.95. The average molecular weight is 338 g/mol. The van der Waals surface area contributed by atoms with Gasteiger partial charge in [-0.2, -0.15) is 0 Å². The molecule has 0 spiro atoms. The van der Waals surface area contributed by atoms with E-state index in [9.17, 15) is 9.59 Å². The Morgan fingerprint density at radius 3 is 2.32 bits per heavy atom. The summed E-state index contributed by atoms with van der Waals surface area (Å²) in [5.41, 5.74) is 0.603. The van der Waals surface area contributed by atoms with E-state index < -0.39 is 0 Å². The minimum atomic E-state index is -0.184. The minimum absolute atomic E-state index is 0.0257. The van der Waals surface area contributed by atoms with Crippen LogP contribution in [0.5, 0.6) is 11.5 Å². The van der Waals surface area contributed by atoms with Crippen LogP contribution >= 0.6 is 0 Å². The lowest BCUT2D eigenvalue weighted by Crippen LogP contribution is -2.41. The maximum Gasteiger partial charge on any atom is 0.242 e. The van der Waals surface area contributed by atoms with E-state index in [0.29, 0.717) is 17.2 Å². The van der Waals surface area contributed by atoms with Crippen molar-refractivity contribution in [3.63, 3.8) is 0 Å². The Hall–Kier alpha value is -2.82. The van der Waals surface area contributed by atoms with Crippen molar-refractivity contribution in [1.29, 1.82) is 0 Å². The Kier molecular flexibility index (Phi) is 5.33. The molecule has 1 saturated heterocycles. The molecule has 25 heavy (non-hydrogen) atoms. The highest BCUT2D eigenvalue weighted by Crippen LogP contribution is 2.32. The number of carbonyl (C=O) groups is 2. The second-order valence-corrected chi connectivity index (χ2v) is 6.08. The van der Waals surface area contributed by atoms with Crippen LogP contribution in [-0.4, -0.2) is 36.3 Å². The van der Waals surface area contributed by atoms with Crippen LogP contribution in [0, 0.1) is 0 Å². The van der Waals surface area contributed by atoms with Gasteiger partial charge in [0.05, 0.1) is 5.69 Å². The van der Waals surface area contributed by atoms with Gasteiger partial charge in [-0.25, -0.2) is 0 Å². The Balaban J connectivity index is 1.83. The maximum absolute atomic E-state index is 12.5. The lowest BCUT2D eigenvalue weighted by atomic mass is 10.2. The first-order chi connectivity index (χ1) is 12.1. The highest BCUT2D eigenvalue weighted by molar-refractivity contribution is 5.98. The van der Waals surface area contributed by atoms with Gasteiger partial charge in [0.1, 0.15) is 12.3 Å². The summed E-state index contributed by atoms with van der Waals surface area (Å²) >= 11 is 0. The minimum Gasteiger partial charge on any atom is -0.455 e. The van der Waals surface area contributed by atoms with Gasteiger partial charge in [-0.3, -0.25) is 14.5 Å². The molecule has 0 radical (unpaired) electrons. The molecule has 2 aromatic rings. The zero-order valence-electron chi connectivity index (χ0n) is 14.4. The molecule has 5 heteroatoms. The van der Waals surface area contributed by atoms with Gasteiger partial charge in [0.25, 0.3) is 0 Å². The SMILES string of the molecule is CC(=O)N(CC(=O)N1CCCC1)c1ccccc1Oc1ccccc1. The molecular weight excluding hydrogens is 316 g/mol. The molecule has 0 unspecified atom stereocenters. The van der Waals surface area contributed by atoms with E-state index in [-0.39, 0.29) is 18.4 Å². The lowest BCUT2D eigenvalue weighted by molar-refractivity contribution is -0.130. The number of ether oxygens (including phenoxy) is 1. The summed E-state index contributed by atoms with van der Waals surface area (Å²) in [6, 6.07) is 16.7. The summed E-state index contributed by atoms with van der Waals surface area (Å²) in [5, 5.41) is 0. The van der Waals surface area contributed by atoms with Crippen molar-refractivity contribution in [1.82, 2.24) is 4.90 Å². The number of benzene rings is 2. The summed E-state index contributed by atoms with van der Waals surface area (Å²) in [7, 11) is 0. The van der Waals surface area contributed by atoms with E-state index in [1.165, 1.54) is 11.8 Å². The van der Waals surface area contributed by atoms with Crippen molar-refractivity contribution in [2.24, 2.45) is 0 Å². The monoisotopic (exact) mass is 338 g/mol. The molecule has 0 N–H and O–H groups in total. The number of rotatable bonds is 5. The molecule has 2 amide bonds. The molecule has 130 valence electrons. The summed E-state index contributed by atoms with van der Waals surface area (Å²) in [6.45, 7) is 3.04. The topological polar surface area (TPSA) is 49.9 Å². The van der Waals surface area contributed by atoms with Gasteiger partial charge < -0.3 is 9.64 Å². The second-order valence-electron chi connectivity index (χ2n) is 6.08. The standard InChI is InChI=1S/C20H22N2O3/c1-16(23)22(15-20(24)21-13-7-8-14-21)18-11-5-6-12-19(18)25-17-9-3-2-4-10-17/h2-6,9-12H,7-8,13-15H2,1H3. The molecule has 3 rings (SSSR count). The first-order valence-corrected chi connectivity index (χ1v) is 8.53. The van der Waals surface area contributed by atoms with E-state index in [1.54, 1.807) is 12.1 Å². The highest BCUT2D eigenvalue weighted by atomic mass is 16.5. The first kappa shape index (κ1) is 17.0. The molecular formula is C20H22N2O3. The quantitative estimate of drug-likeness (QED) is 0.839. The predicted octanol–water partition coefficient (Wildman–Crippen LogP) is 3.45. The number of nitrogens with zero attached hydrogens (tertiary/aromatic N) is 2. The molecule has 1 fully saturated rings. The van der Waals surface area contributed by atoms with Crippen molar-refractivity contribution < 1.29 is 14.3 Å². The van der Waals surface area contributed by atoms with Gasteiger partial charge in [0, 0.05) is 20.0 Å². The van der Waals surface area contributed by atoms with Crippen LogP contribution in [0.2, 0.25) is 0 Å². The predicted molar refractivity (Wildman–Crippen MR) is 96.8 cm³/mol. The molecule has 2 aromatic carbocycles. The number of hydrogen-bond acceptors (Lipinski definition) is 3. The van der Waals surface area contributed by atoms with Crippen LogP contribution in [0.1, 0.15) is 19.8 Å². The number of likely N-dealkylation sites (tertiary alicyclic amines) is 1. The number of carbonyl (C=O) groups excluding carboxylic acids is 2. The summed E-state index contributed by atoms with van der Waals surface area (Å²) < 4.78 is 5.93. The molecule has 1 aliphatic rings. The van der Waals surface area contributed by atoms with Crippen molar-refractivity contribution in [2.45, 2.75) is 19.8 Å². The first-order valence-electron chi connectivity index (χ1n) is 8.53. The van der Waals surface area contributed by atoms with E-state index in [0.717, 1.165) is 25.9 Å². The third-order valence-electron chi connectivity index (χ3n) is 4.26. The second kappa shape index (κ2) is 7.83. The van der Waals surface area contributed by atoms with Gasteiger partial charge >= 0.3 is 0 Å². The summed E-state index contributed by atoms with van der Waals surface area (Å²) in [5.74, 6) is 1.03. The Bertz CT molecular complexity index is 740. The van der Waals surface area contributed by atoms with Crippen LogP contribution in [-0.2, 0) is 9.59 Å². The summed E-state index contributed by atoms with van der Waals surface area (Å²) in [6.07, 6.45) is 2.05. The van der Waals surface area contributed by atoms with Gasteiger partial charge in [-0.05, 0) is 37.1 Å². The van der Waals surface area contributed by atoms with Crippen LogP contribution < -0.4 is 9.64 Å². The normalized spacial score (nSPS) is 13.6. The zero-order chi connectivity index (χ0) is 17.6. The molecule has 0 aromatic heterocycles. The average Bonchev–Trinajstić information content (AvgIpc) is 3.16. The van der Waals surface area contributed by atoms with Crippen molar-refractivity contribution >= 4 is 17.5 Å². The molecule has 5 nitrogen and oxygen atoms in total. The molecule has 1 heterocycles. The summed E-state index contributed by atoms with van der Waals surface area (Å²) in [4.78, 5) is 28.0. The molecule has 0 saturated carbocycles. The number of hydrogen-bond donors (Lipinski definition) is 0. The van der Waals surface area contributed by atoms with Crippen molar-refractivity contribution in [3.8, 4) is 11.5 Å². The van der Waals surface area contributed by atoms with E-state index in [1.807, 2.05) is 47.4 Å². The van der Waals surface area contributed by atoms with Crippen LogP contribution in [0.25, 0.3) is 0 Å². The van der Waals surface area contributed by atoms with Crippen LogP contribution in [0.3, 0.4) is 0 Å². The Morgan fingerprint density at radius 1 is 1.00 bits per heavy atom. The van der Waals surface area contributed by atoms with E-state index in [4.69, 9.17) is 4.74 Å².